The lowest BCUT2D eigenvalue weighted by atomic mass is 10.0. The van der Waals surface area contributed by atoms with E-state index in [0.717, 1.165) is 0 Å². The van der Waals surface area contributed by atoms with E-state index in [4.69, 9.17) is 21.7 Å². The van der Waals surface area contributed by atoms with Gasteiger partial charge in [-0.3, -0.25) is 28.8 Å². The van der Waals surface area contributed by atoms with Crippen LogP contribution in [-0.4, -0.2) is 123 Å². The first-order valence-corrected chi connectivity index (χ1v) is 15.5. The van der Waals surface area contributed by atoms with Gasteiger partial charge in [-0.05, 0) is 69.2 Å². The predicted molar refractivity (Wildman–Crippen MR) is 168 cm³/mol. The van der Waals surface area contributed by atoms with Crippen molar-refractivity contribution in [3.05, 3.63) is 29.8 Å². The van der Waals surface area contributed by atoms with Crippen LogP contribution in [-0.2, 0) is 40.0 Å². The van der Waals surface area contributed by atoms with Crippen LogP contribution in [0, 0.1) is 0 Å². The van der Waals surface area contributed by atoms with Crippen LogP contribution in [0.4, 0.5) is 0 Å². The smallest absolute Gasteiger partial charge is 0.328 e. The third-order valence-electron chi connectivity index (χ3n) is 7.65. The molecule has 1 aromatic carbocycles. The first-order valence-electron chi connectivity index (χ1n) is 15.5. The third-order valence-corrected chi connectivity index (χ3v) is 7.65. The molecular formula is C30H45N7O11. The number of benzene rings is 1. The number of likely N-dealkylation sites (tertiary alicyclic amines) is 1. The number of aromatic hydroxyl groups is 1. The minimum atomic E-state index is -1.56. The summed E-state index contributed by atoms with van der Waals surface area (Å²) in [5.41, 5.74) is 12.3. The molecule has 1 aliphatic rings. The fourth-order valence-corrected chi connectivity index (χ4v) is 5.04. The number of nitrogens with one attached hydrogen (secondary N) is 4. The minimum absolute atomic E-state index is 0.0240. The van der Waals surface area contributed by atoms with E-state index in [1.807, 2.05) is 0 Å². The summed E-state index contributed by atoms with van der Waals surface area (Å²) in [4.78, 5) is 88.8. The Hall–Kier alpha value is -4.81. The second-order valence-electron chi connectivity index (χ2n) is 11.4. The van der Waals surface area contributed by atoms with Crippen LogP contribution in [0.1, 0.15) is 50.5 Å². The molecule has 48 heavy (non-hydrogen) atoms. The highest BCUT2D eigenvalue weighted by atomic mass is 16.4. The summed E-state index contributed by atoms with van der Waals surface area (Å²) < 4.78 is 0. The molecule has 5 atom stereocenters. The zero-order chi connectivity index (χ0) is 35.8. The lowest BCUT2D eigenvalue weighted by Gasteiger charge is -2.30. The topological polar surface area (TPSA) is 304 Å². The number of phenolic OH excluding ortho intramolecular Hbond substituents is 1. The fourth-order valence-electron chi connectivity index (χ4n) is 5.04. The maximum absolute atomic E-state index is 13.7. The Bertz CT molecular complexity index is 1290. The molecule has 0 aromatic heterocycles. The number of aliphatic carboxylic acids is 2. The van der Waals surface area contributed by atoms with Crippen LogP contribution < -0.4 is 32.7 Å². The second kappa shape index (κ2) is 19.8. The lowest BCUT2D eigenvalue weighted by Crippen LogP contribution is -2.58. The Morgan fingerprint density at radius 3 is 2.17 bits per heavy atom. The molecular weight excluding hydrogens is 634 g/mol. The van der Waals surface area contributed by atoms with Crippen molar-refractivity contribution in [1.82, 2.24) is 26.2 Å². The number of nitrogens with zero attached hydrogens (tertiary/aromatic N) is 1. The molecule has 18 heteroatoms. The first kappa shape index (κ1) is 39.4. The van der Waals surface area contributed by atoms with E-state index >= 15 is 0 Å². The number of carboxylic acids is 2. The van der Waals surface area contributed by atoms with E-state index in [2.05, 4.69) is 21.3 Å². The summed E-state index contributed by atoms with van der Waals surface area (Å²) >= 11 is 0. The van der Waals surface area contributed by atoms with Gasteiger partial charge in [0.25, 0.3) is 0 Å². The zero-order valence-electron chi connectivity index (χ0n) is 26.4. The van der Waals surface area contributed by atoms with Gasteiger partial charge in [0, 0.05) is 13.0 Å². The van der Waals surface area contributed by atoms with Crippen LogP contribution >= 0.6 is 0 Å². The summed E-state index contributed by atoms with van der Waals surface area (Å²) in [6.45, 7) is -1.01. The highest BCUT2D eigenvalue weighted by Gasteiger charge is 2.38. The minimum Gasteiger partial charge on any atom is -0.508 e. The molecule has 12 N–H and O–H groups in total. The van der Waals surface area contributed by atoms with Crippen molar-refractivity contribution in [2.45, 2.75) is 81.6 Å². The molecule has 1 heterocycles. The Balaban J connectivity index is 2.14. The van der Waals surface area contributed by atoms with E-state index in [-0.39, 0.29) is 38.0 Å². The van der Waals surface area contributed by atoms with E-state index in [0.29, 0.717) is 31.4 Å². The fraction of sp³-hybridized carbons (Fsp3) is 0.567. The summed E-state index contributed by atoms with van der Waals surface area (Å²) in [6.07, 6.45) is 0.984. The Kier molecular flexibility index (Phi) is 16.2. The standard InChI is InChI=1S/C30H45N7O11/c31-12-2-1-4-21(29(46)37-13-3-5-23(37)28(45)33-15-24(40)34-22(16-38)30(47)48)36-27(44)20(10-11-25(41)42)35-26(43)19(32)14-17-6-8-18(39)9-7-17/h6-9,19-23,38-39H,1-5,10-16,31-32H2,(H,33,45)(H,34,40)(H,35,43)(H,36,44)(H,41,42)(H,47,48)/t19-,20-,21-,22-,23-/m0/s1. The maximum Gasteiger partial charge on any atom is 0.328 e. The highest BCUT2D eigenvalue weighted by molar-refractivity contribution is 5.96. The molecule has 0 radical (unpaired) electrons. The molecule has 0 spiro atoms. The van der Waals surface area contributed by atoms with Gasteiger partial charge in [-0.2, -0.15) is 0 Å². The van der Waals surface area contributed by atoms with Crippen LogP contribution in [0.3, 0.4) is 0 Å². The van der Waals surface area contributed by atoms with Gasteiger partial charge >= 0.3 is 11.9 Å². The number of aliphatic hydroxyl groups is 1. The largest absolute Gasteiger partial charge is 0.508 e. The van der Waals surface area contributed by atoms with Crippen LogP contribution in [0.5, 0.6) is 5.75 Å². The number of hydrogen-bond donors (Lipinski definition) is 10. The number of amides is 5. The van der Waals surface area contributed by atoms with Crippen molar-refractivity contribution >= 4 is 41.5 Å². The van der Waals surface area contributed by atoms with E-state index in [9.17, 15) is 43.8 Å². The lowest BCUT2D eigenvalue weighted by molar-refractivity contribution is -0.143. The number of carboxylic acid groups (broad SMARTS) is 2. The summed E-state index contributed by atoms with van der Waals surface area (Å²) in [5, 5.41) is 46.3. The number of carbonyl (C=O) groups is 7. The van der Waals surface area contributed by atoms with Crippen molar-refractivity contribution in [2.75, 3.05) is 26.2 Å². The van der Waals surface area contributed by atoms with Crippen molar-refractivity contribution < 1.29 is 54.0 Å². The van der Waals surface area contributed by atoms with Gasteiger partial charge in [0.05, 0.1) is 19.2 Å². The Labute approximate surface area is 276 Å². The molecule has 1 fully saturated rings. The molecule has 1 aliphatic heterocycles. The Morgan fingerprint density at radius 1 is 0.896 bits per heavy atom. The number of rotatable bonds is 20. The first-order chi connectivity index (χ1) is 22.8. The van der Waals surface area contributed by atoms with E-state index in [1.54, 1.807) is 12.1 Å². The number of nitrogens with two attached hydrogens (primary N) is 2. The molecule has 18 nitrogen and oxygen atoms in total. The molecule has 1 aromatic rings. The van der Waals surface area contributed by atoms with Crippen molar-refractivity contribution in [1.29, 1.82) is 0 Å². The van der Waals surface area contributed by atoms with E-state index < -0.39 is 91.3 Å². The van der Waals surface area contributed by atoms with Gasteiger partial charge in [0.1, 0.15) is 29.9 Å². The second-order valence-corrected chi connectivity index (χ2v) is 11.4. The van der Waals surface area contributed by atoms with Crippen LogP contribution in [0.15, 0.2) is 24.3 Å². The quantitative estimate of drug-likeness (QED) is 0.0612. The normalized spacial score (nSPS) is 16.6. The molecule has 2 rings (SSSR count). The highest BCUT2D eigenvalue weighted by Crippen LogP contribution is 2.20. The summed E-state index contributed by atoms with van der Waals surface area (Å²) in [7, 11) is 0. The average Bonchev–Trinajstić information content (AvgIpc) is 3.54. The molecule has 1 saturated heterocycles. The SMILES string of the molecule is NCCCC[C@H](NC(=O)[C@H](CCC(=O)O)NC(=O)[C@@H](N)Cc1ccc(O)cc1)C(=O)N1CCC[C@H]1C(=O)NCC(=O)N[C@@H](CO)C(=O)O. The molecule has 266 valence electrons. The van der Waals surface area contributed by atoms with Gasteiger partial charge in [0.2, 0.25) is 29.5 Å². The molecule has 0 bridgehead atoms. The predicted octanol–water partition coefficient (Wildman–Crippen LogP) is -3.11. The zero-order valence-corrected chi connectivity index (χ0v) is 26.4. The summed E-state index contributed by atoms with van der Waals surface area (Å²) in [5.74, 6) is -6.40. The van der Waals surface area contributed by atoms with Gasteiger partial charge < -0.3 is 58.1 Å². The van der Waals surface area contributed by atoms with Gasteiger partial charge in [0.15, 0.2) is 0 Å². The Morgan fingerprint density at radius 2 is 1.56 bits per heavy atom. The number of unbranched alkanes of at least 4 members (excludes halogenated alkanes) is 1. The molecule has 5 amide bonds. The number of aliphatic hydroxyl groups excluding tert-OH is 1. The van der Waals surface area contributed by atoms with Crippen molar-refractivity contribution in [3.8, 4) is 5.75 Å². The van der Waals surface area contributed by atoms with Gasteiger partial charge in [-0.25, -0.2) is 4.79 Å². The molecule has 0 aliphatic carbocycles. The van der Waals surface area contributed by atoms with Crippen LogP contribution in [0.2, 0.25) is 0 Å². The van der Waals surface area contributed by atoms with Gasteiger partial charge in [-0.15, -0.1) is 0 Å². The maximum atomic E-state index is 13.7. The third kappa shape index (κ3) is 12.8. The van der Waals surface area contributed by atoms with Crippen LogP contribution in [0.25, 0.3) is 0 Å². The number of carbonyl (C=O) groups excluding carboxylic acids is 5. The molecule has 0 saturated carbocycles. The van der Waals surface area contributed by atoms with Crippen molar-refractivity contribution in [3.63, 3.8) is 0 Å². The number of hydrogen-bond acceptors (Lipinski definition) is 11. The monoisotopic (exact) mass is 679 g/mol. The number of phenols is 1. The van der Waals surface area contributed by atoms with E-state index in [1.165, 1.54) is 17.0 Å². The summed E-state index contributed by atoms with van der Waals surface area (Å²) in [6, 6.07) is -0.240. The average molecular weight is 680 g/mol. The van der Waals surface area contributed by atoms with Gasteiger partial charge in [-0.1, -0.05) is 12.1 Å². The molecule has 0 unspecified atom stereocenters. The van der Waals surface area contributed by atoms with Crippen molar-refractivity contribution in [2.24, 2.45) is 11.5 Å².